The number of para-hydroxylation sites is 1. The zero-order chi connectivity index (χ0) is 26.2. The van der Waals surface area contributed by atoms with Crippen LogP contribution in [0.4, 0.5) is 0 Å². The Hall–Kier alpha value is -4.52. The molecule has 0 saturated heterocycles. The maximum absolute atomic E-state index is 13.2. The minimum absolute atomic E-state index is 0.141. The SMILES string of the molecule is COc1ccc(CCNC(=O)/C(=C/C2=Cc3ccccc3OC2C)NC(=O)c2ccccc2)cc1OC. The molecular formula is C30H30N2O5. The first kappa shape index (κ1) is 25.6. The van der Waals surface area contributed by atoms with Gasteiger partial charge in [-0.2, -0.15) is 0 Å². The maximum atomic E-state index is 13.2. The van der Waals surface area contributed by atoms with Crippen LogP contribution in [-0.4, -0.2) is 38.7 Å². The van der Waals surface area contributed by atoms with Gasteiger partial charge in [-0.3, -0.25) is 9.59 Å². The van der Waals surface area contributed by atoms with Crippen LogP contribution in [0.5, 0.6) is 17.2 Å². The molecule has 0 bridgehead atoms. The number of nitrogens with one attached hydrogen (secondary N) is 2. The third-order valence-corrected chi connectivity index (χ3v) is 6.00. The van der Waals surface area contributed by atoms with Crippen molar-refractivity contribution >= 4 is 17.9 Å². The maximum Gasteiger partial charge on any atom is 0.267 e. The summed E-state index contributed by atoms with van der Waals surface area (Å²) in [6, 6.07) is 22.1. The van der Waals surface area contributed by atoms with Gasteiger partial charge in [-0.25, -0.2) is 0 Å². The molecule has 0 saturated carbocycles. The number of carbonyl (C=O) groups is 2. The van der Waals surface area contributed by atoms with E-state index in [1.165, 1.54) is 0 Å². The second-order valence-electron chi connectivity index (χ2n) is 8.52. The van der Waals surface area contributed by atoms with Crippen molar-refractivity contribution in [2.45, 2.75) is 19.4 Å². The Morgan fingerprint density at radius 3 is 2.43 bits per heavy atom. The van der Waals surface area contributed by atoms with Gasteiger partial charge in [-0.15, -0.1) is 0 Å². The molecule has 7 nitrogen and oxygen atoms in total. The van der Waals surface area contributed by atoms with Crippen molar-refractivity contribution in [3.8, 4) is 17.2 Å². The summed E-state index contributed by atoms with van der Waals surface area (Å²) < 4.78 is 16.7. The molecule has 37 heavy (non-hydrogen) atoms. The van der Waals surface area contributed by atoms with Gasteiger partial charge in [0.25, 0.3) is 11.8 Å². The van der Waals surface area contributed by atoms with Crippen LogP contribution in [0, 0.1) is 0 Å². The van der Waals surface area contributed by atoms with E-state index in [4.69, 9.17) is 14.2 Å². The van der Waals surface area contributed by atoms with Crippen LogP contribution in [0.15, 0.2) is 90.1 Å². The van der Waals surface area contributed by atoms with Crippen LogP contribution in [0.3, 0.4) is 0 Å². The van der Waals surface area contributed by atoms with Gasteiger partial charge in [0.05, 0.1) is 14.2 Å². The Morgan fingerprint density at radius 1 is 0.946 bits per heavy atom. The molecular weight excluding hydrogens is 468 g/mol. The number of hydrogen-bond donors (Lipinski definition) is 2. The molecule has 1 atom stereocenters. The minimum Gasteiger partial charge on any atom is -0.493 e. The summed E-state index contributed by atoms with van der Waals surface area (Å²) in [7, 11) is 3.17. The minimum atomic E-state index is -0.392. The fourth-order valence-corrected chi connectivity index (χ4v) is 3.98. The number of hydrogen-bond acceptors (Lipinski definition) is 5. The summed E-state index contributed by atoms with van der Waals surface area (Å²) in [6.07, 6.45) is 3.92. The fraction of sp³-hybridized carbons (Fsp3) is 0.200. The van der Waals surface area contributed by atoms with Crippen LogP contribution in [0.2, 0.25) is 0 Å². The first-order valence-electron chi connectivity index (χ1n) is 12.0. The Bertz CT molecular complexity index is 1330. The zero-order valence-corrected chi connectivity index (χ0v) is 21.1. The molecule has 1 aliphatic rings. The highest BCUT2D eigenvalue weighted by molar-refractivity contribution is 6.03. The van der Waals surface area contributed by atoms with Gasteiger partial charge in [0, 0.05) is 17.7 Å². The highest BCUT2D eigenvalue weighted by Crippen LogP contribution is 2.30. The largest absolute Gasteiger partial charge is 0.493 e. The van der Waals surface area contributed by atoms with Gasteiger partial charge < -0.3 is 24.8 Å². The molecule has 2 amide bonds. The molecule has 2 N–H and O–H groups in total. The van der Waals surface area contributed by atoms with Crippen molar-refractivity contribution in [1.82, 2.24) is 10.6 Å². The molecule has 4 rings (SSSR count). The Morgan fingerprint density at radius 2 is 1.68 bits per heavy atom. The van der Waals surface area contributed by atoms with E-state index in [-0.39, 0.29) is 17.7 Å². The first-order valence-corrected chi connectivity index (χ1v) is 12.0. The van der Waals surface area contributed by atoms with Gasteiger partial charge in [-0.05, 0) is 67.0 Å². The number of benzene rings is 3. The Kier molecular flexibility index (Phi) is 8.26. The van der Waals surface area contributed by atoms with Crippen molar-refractivity contribution in [3.63, 3.8) is 0 Å². The van der Waals surface area contributed by atoms with Crippen molar-refractivity contribution in [2.75, 3.05) is 20.8 Å². The summed E-state index contributed by atoms with van der Waals surface area (Å²) >= 11 is 0. The molecule has 0 fully saturated rings. The molecule has 0 radical (unpaired) electrons. The zero-order valence-electron chi connectivity index (χ0n) is 21.1. The average molecular weight is 499 g/mol. The second kappa shape index (κ2) is 11.9. The molecule has 1 heterocycles. The van der Waals surface area contributed by atoms with Crippen molar-refractivity contribution in [3.05, 3.63) is 107 Å². The molecule has 3 aromatic rings. The predicted molar refractivity (Wildman–Crippen MR) is 143 cm³/mol. The van der Waals surface area contributed by atoms with Crippen LogP contribution >= 0.6 is 0 Å². The van der Waals surface area contributed by atoms with E-state index in [1.807, 2.05) is 61.5 Å². The van der Waals surface area contributed by atoms with Crippen LogP contribution in [-0.2, 0) is 11.2 Å². The lowest BCUT2D eigenvalue weighted by atomic mass is 10.0. The first-order chi connectivity index (χ1) is 18.0. The number of fused-ring (bicyclic) bond motifs is 1. The van der Waals surface area contributed by atoms with E-state index >= 15 is 0 Å². The summed E-state index contributed by atoms with van der Waals surface area (Å²) in [4.78, 5) is 26.1. The number of carbonyl (C=O) groups excluding carboxylic acids is 2. The van der Waals surface area contributed by atoms with Crippen molar-refractivity contribution < 1.29 is 23.8 Å². The standard InChI is InChI=1S/C30H30N2O5/c1-20-24(18-23-11-7-8-12-26(23)37-20)19-25(32-29(33)22-9-5-4-6-10-22)30(34)31-16-15-21-13-14-27(35-2)28(17-21)36-3/h4-14,17-20H,15-16H2,1-3H3,(H,31,34)(H,32,33)/b25-19-. The molecule has 0 spiro atoms. The smallest absolute Gasteiger partial charge is 0.267 e. The van der Waals surface area contributed by atoms with Crippen molar-refractivity contribution in [1.29, 1.82) is 0 Å². The lowest BCUT2D eigenvalue weighted by Crippen LogP contribution is -2.36. The molecule has 7 heteroatoms. The highest BCUT2D eigenvalue weighted by Gasteiger charge is 2.21. The summed E-state index contributed by atoms with van der Waals surface area (Å²) in [6.45, 7) is 2.27. The molecule has 0 aromatic heterocycles. The van der Waals surface area contributed by atoms with Gasteiger partial charge >= 0.3 is 0 Å². The molecule has 3 aromatic carbocycles. The number of methoxy groups -OCH3 is 2. The summed E-state index contributed by atoms with van der Waals surface area (Å²) in [5.41, 5.74) is 3.26. The van der Waals surface area contributed by atoms with Gasteiger partial charge in [0.2, 0.25) is 0 Å². The third-order valence-electron chi connectivity index (χ3n) is 6.00. The number of ether oxygens (including phenoxy) is 3. The van der Waals surface area contributed by atoms with E-state index in [1.54, 1.807) is 44.6 Å². The normalized spacial score (nSPS) is 14.5. The fourth-order valence-electron chi connectivity index (χ4n) is 3.98. The van der Waals surface area contributed by atoms with Crippen molar-refractivity contribution in [2.24, 2.45) is 0 Å². The monoisotopic (exact) mass is 498 g/mol. The summed E-state index contributed by atoms with van der Waals surface area (Å²) in [5.74, 6) is 1.29. The van der Waals surface area contributed by atoms with Gasteiger partial charge in [0.15, 0.2) is 11.5 Å². The summed E-state index contributed by atoms with van der Waals surface area (Å²) in [5, 5.41) is 5.70. The quantitative estimate of drug-likeness (QED) is 0.423. The van der Waals surface area contributed by atoms with E-state index in [9.17, 15) is 9.59 Å². The Balaban J connectivity index is 1.53. The van der Waals surface area contributed by atoms with Crippen LogP contribution in [0.1, 0.15) is 28.4 Å². The van der Waals surface area contributed by atoms with Gasteiger partial charge in [-0.1, -0.05) is 42.5 Å². The molecule has 1 aliphatic heterocycles. The highest BCUT2D eigenvalue weighted by atomic mass is 16.5. The average Bonchev–Trinajstić information content (AvgIpc) is 2.93. The van der Waals surface area contributed by atoms with E-state index in [2.05, 4.69) is 10.6 Å². The molecule has 0 aliphatic carbocycles. The molecule has 190 valence electrons. The second-order valence-corrected chi connectivity index (χ2v) is 8.52. The van der Waals surface area contributed by atoms with Crippen LogP contribution < -0.4 is 24.8 Å². The predicted octanol–water partition coefficient (Wildman–Crippen LogP) is 4.54. The lowest BCUT2D eigenvalue weighted by Gasteiger charge is -2.23. The van der Waals surface area contributed by atoms with E-state index in [0.717, 1.165) is 22.4 Å². The number of amides is 2. The third kappa shape index (κ3) is 6.38. The van der Waals surface area contributed by atoms with E-state index < -0.39 is 5.91 Å². The van der Waals surface area contributed by atoms with Gasteiger partial charge in [0.1, 0.15) is 17.6 Å². The van der Waals surface area contributed by atoms with E-state index in [0.29, 0.717) is 30.0 Å². The van der Waals surface area contributed by atoms with Crippen LogP contribution in [0.25, 0.3) is 6.08 Å². The molecule has 1 unspecified atom stereocenters. The lowest BCUT2D eigenvalue weighted by molar-refractivity contribution is -0.117. The Labute approximate surface area is 216 Å². The topological polar surface area (TPSA) is 85.9 Å². The number of rotatable bonds is 9.